The lowest BCUT2D eigenvalue weighted by atomic mass is 10.0. The van der Waals surface area contributed by atoms with Crippen LogP contribution < -0.4 is 0 Å². The average Bonchev–Trinajstić information content (AvgIpc) is 2.84. The van der Waals surface area contributed by atoms with E-state index in [9.17, 15) is 9.90 Å². The molecule has 1 aromatic heterocycles. The number of hydrogen-bond acceptors (Lipinski definition) is 5. The van der Waals surface area contributed by atoms with Crippen molar-refractivity contribution in [3.63, 3.8) is 0 Å². The van der Waals surface area contributed by atoms with E-state index in [1.165, 1.54) is 18.2 Å². The van der Waals surface area contributed by atoms with E-state index in [0.717, 1.165) is 0 Å². The molecular formula is C12H19N3O4. The zero-order valence-corrected chi connectivity index (χ0v) is 11.3. The van der Waals surface area contributed by atoms with Gasteiger partial charge in [0.25, 0.3) is 5.91 Å². The number of aliphatic hydroxyl groups excluding tert-OH is 1. The van der Waals surface area contributed by atoms with E-state index in [1.54, 1.807) is 25.0 Å². The van der Waals surface area contributed by atoms with Gasteiger partial charge in [0.2, 0.25) is 0 Å². The van der Waals surface area contributed by atoms with Crippen LogP contribution >= 0.6 is 0 Å². The monoisotopic (exact) mass is 269 g/mol. The second kappa shape index (κ2) is 5.68. The van der Waals surface area contributed by atoms with Crippen LogP contribution in [0.5, 0.6) is 0 Å². The maximum Gasteiger partial charge on any atom is 0.257 e. The van der Waals surface area contributed by atoms with E-state index in [2.05, 4.69) is 5.10 Å². The van der Waals surface area contributed by atoms with Crippen molar-refractivity contribution in [1.29, 1.82) is 0 Å². The summed E-state index contributed by atoms with van der Waals surface area (Å²) in [6.45, 7) is 0.632. The van der Waals surface area contributed by atoms with E-state index in [-0.39, 0.29) is 5.91 Å². The van der Waals surface area contributed by atoms with Gasteiger partial charge in [-0.2, -0.15) is 5.10 Å². The van der Waals surface area contributed by atoms with Crippen molar-refractivity contribution in [3.05, 3.63) is 18.0 Å². The van der Waals surface area contributed by atoms with Gasteiger partial charge in [0.05, 0.1) is 31.0 Å². The predicted octanol–water partition coefficient (Wildman–Crippen LogP) is -0.733. The molecule has 106 valence electrons. The molecule has 0 spiro atoms. The second-order valence-electron chi connectivity index (χ2n) is 4.69. The average molecular weight is 269 g/mol. The van der Waals surface area contributed by atoms with E-state index in [1.807, 2.05) is 0 Å². The van der Waals surface area contributed by atoms with Crippen molar-refractivity contribution in [1.82, 2.24) is 14.7 Å². The summed E-state index contributed by atoms with van der Waals surface area (Å²) in [5.74, 6) is -0.197. The number of carbonyl (C=O) groups is 1. The third kappa shape index (κ3) is 2.78. The number of amides is 1. The minimum Gasteiger partial charge on any atom is -0.388 e. The number of rotatable bonds is 3. The maximum atomic E-state index is 12.3. The fraction of sp³-hybridized carbons (Fsp3) is 0.667. The van der Waals surface area contributed by atoms with E-state index in [0.29, 0.717) is 18.8 Å². The molecule has 7 heteroatoms. The first-order valence-electron chi connectivity index (χ1n) is 6.09. The Bertz CT molecular complexity index is 448. The highest BCUT2D eigenvalue weighted by atomic mass is 16.5. The molecule has 0 radical (unpaired) electrons. The quantitative estimate of drug-likeness (QED) is 0.782. The molecular weight excluding hydrogens is 250 g/mol. The lowest BCUT2D eigenvalue weighted by Crippen LogP contribution is -2.56. The summed E-state index contributed by atoms with van der Waals surface area (Å²) in [5, 5.41) is 14.1. The number of likely N-dealkylation sites (N-methyl/N-ethyl adjacent to an activating group) is 1. The van der Waals surface area contributed by atoms with Crippen molar-refractivity contribution in [2.75, 3.05) is 27.4 Å². The molecule has 7 nitrogen and oxygen atoms in total. The highest BCUT2D eigenvalue weighted by molar-refractivity contribution is 5.93. The number of aromatic nitrogens is 2. The molecule has 0 saturated carbocycles. The van der Waals surface area contributed by atoms with Crippen LogP contribution in [0.15, 0.2) is 12.4 Å². The topological polar surface area (TPSA) is 76.8 Å². The van der Waals surface area contributed by atoms with Gasteiger partial charge in [0, 0.05) is 27.4 Å². The molecule has 1 aliphatic rings. The van der Waals surface area contributed by atoms with Crippen LogP contribution in [0.3, 0.4) is 0 Å². The Morgan fingerprint density at radius 1 is 1.63 bits per heavy atom. The molecule has 1 amide bonds. The van der Waals surface area contributed by atoms with Gasteiger partial charge in [-0.25, -0.2) is 0 Å². The summed E-state index contributed by atoms with van der Waals surface area (Å²) in [7, 11) is 4.91. The van der Waals surface area contributed by atoms with Crippen molar-refractivity contribution >= 4 is 5.91 Å². The number of hydrogen-bond donors (Lipinski definition) is 1. The number of aliphatic hydroxyl groups is 1. The molecule has 0 unspecified atom stereocenters. The number of methoxy groups -OCH3 is 1. The van der Waals surface area contributed by atoms with Crippen molar-refractivity contribution in [3.8, 4) is 0 Å². The number of ether oxygens (including phenoxy) is 2. The zero-order valence-electron chi connectivity index (χ0n) is 11.3. The van der Waals surface area contributed by atoms with Crippen LogP contribution in [-0.4, -0.2) is 71.3 Å². The van der Waals surface area contributed by atoms with Crippen LogP contribution in [0.1, 0.15) is 10.4 Å². The van der Waals surface area contributed by atoms with Gasteiger partial charge < -0.3 is 19.5 Å². The van der Waals surface area contributed by atoms with Crippen LogP contribution in [0.4, 0.5) is 0 Å². The minimum absolute atomic E-state index is 0.197. The summed E-state index contributed by atoms with van der Waals surface area (Å²) < 4.78 is 12.1. The molecule has 3 atom stereocenters. The number of aryl methyl sites for hydroxylation is 1. The Balaban J connectivity index is 2.10. The Morgan fingerprint density at radius 3 is 2.95 bits per heavy atom. The van der Waals surface area contributed by atoms with Crippen LogP contribution in [0.2, 0.25) is 0 Å². The Labute approximate surface area is 111 Å². The summed E-state index contributed by atoms with van der Waals surface area (Å²) in [6, 6.07) is -0.425. The highest BCUT2D eigenvalue weighted by Gasteiger charge is 2.37. The van der Waals surface area contributed by atoms with Gasteiger partial charge in [0.15, 0.2) is 0 Å². The standard InChI is InChI=1S/C12H19N3O4/c1-14-5-8(4-13-14)12(17)15(2)9-6-19-7-10(18-3)11(9)16/h4-5,9-11,16H,6-7H2,1-3H3/t9-,10-,11+/m1/s1. The molecule has 0 aliphatic carbocycles. The lowest BCUT2D eigenvalue weighted by molar-refractivity contribution is -0.135. The van der Waals surface area contributed by atoms with E-state index in [4.69, 9.17) is 9.47 Å². The minimum atomic E-state index is -0.760. The normalized spacial score (nSPS) is 27.3. The van der Waals surface area contributed by atoms with Crippen LogP contribution in [0, 0.1) is 0 Å². The Kier molecular flexibility index (Phi) is 4.18. The molecule has 2 heterocycles. The lowest BCUT2D eigenvalue weighted by Gasteiger charge is -2.38. The number of carbonyl (C=O) groups excluding carboxylic acids is 1. The predicted molar refractivity (Wildman–Crippen MR) is 66.7 cm³/mol. The van der Waals surface area contributed by atoms with Gasteiger partial charge >= 0.3 is 0 Å². The summed E-state index contributed by atoms with van der Waals surface area (Å²) >= 11 is 0. The zero-order chi connectivity index (χ0) is 14.0. The van der Waals surface area contributed by atoms with Crippen LogP contribution in [0.25, 0.3) is 0 Å². The van der Waals surface area contributed by atoms with E-state index < -0.39 is 18.2 Å². The highest BCUT2D eigenvalue weighted by Crippen LogP contribution is 2.17. The molecule has 0 bridgehead atoms. The van der Waals surface area contributed by atoms with Crippen LogP contribution in [-0.2, 0) is 16.5 Å². The molecule has 0 aromatic carbocycles. The molecule has 1 aromatic rings. The van der Waals surface area contributed by atoms with E-state index >= 15 is 0 Å². The first-order valence-corrected chi connectivity index (χ1v) is 6.09. The third-order valence-electron chi connectivity index (χ3n) is 3.42. The largest absolute Gasteiger partial charge is 0.388 e. The van der Waals surface area contributed by atoms with Gasteiger partial charge in [-0.1, -0.05) is 0 Å². The molecule has 1 N–H and O–H groups in total. The maximum absolute atomic E-state index is 12.3. The molecule has 19 heavy (non-hydrogen) atoms. The Morgan fingerprint density at radius 2 is 2.37 bits per heavy atom. The first-order chi connectivity index (χ1) is 9.04. The van der Waals surface area contributed by atoms with Gasteiger partial charge in [0.1, 0.15) is 12.2 Å². The van der Waals surface area contributed by atoms with Gasteiger partial charge in [-0.05, 0) is 0 Å². The fourth-order valence-electron chi connectivity index (χ4n) is 2.18. The first kappa shape index (κ1) is 14.0. The second-order valence-corrected chi connectivity index (χ2v) is 4.69. The Hall–Kier alpha value is -1.44. The molecule has 1 fully saturated rings. The van der Waals surface area contributed by atoms with Gasteiger partial charge in [-0.3, -0.25) is 9.48 Å². The van der Waals surface area contributed by atoms with Crippen molar-refractivity contribution < 1.29 is 19.4 Å². The molecule has 2 rings (SSSR count). The summed E-state index contributed by atoms with van der Waals surface area (Å²) in [4.78, 5) is 13.7. The number of nitrogens with zero attached hydrogens (tertiary/aromatic N) is 3. The molecule has 1 saturated heterocycles. The van der Waals surface area contributed by atoms with Crippen molar-refractivity contribution in [2.24, 2.45) is 7.05 Å². The van der Waals surface area contributed by atoms with Gasteiger partial charge in [-0.15, -0.1) is 0 Å². The molecule has 1 aliphatic heterocycles. The summed E-state index contributed by atoms with van der Waals surface area (Å²) in [6.07, 6.45) is 1.97. The smallest absolute Gasteiger partial charge is 0.257 e. The fourth-order valence-corrected chi connectivity index (χ4v) is 2.18. The van der Waals surface area contributed by atoms with Crippen molar-refractivity contribution in [2.45, 2.75) is 18.2 Å². The SMILES string of the molecule is CO[C@@H]1COC[C@@H](N(C)C(=O)c2cnn(C)c2)[C@@H]1O. The summed E-state index contributed by atoms with van der Waals surface area (Å²) in [5.41, 5.74) is 0.483. The third-order valence-corrected chi connectivity index (χ3v) is 3.42.